The number of phenols is 1. The summed E-state index contributed by atoms with van der Waals surface area (Å²) in [4.78, 5) is 12.3. The minimum absolute atomic E-state index is 0.111. The fourth-order valence-corrected chi connectivity index (χ4v) is 4.11. The van der Waals surface area contributed by atoms with Gasteiger partial charge in [0.1, 0.15) is 5.75 Å². The van der Waals surface area contributed by atoms with Gasteiger partial charge in [-0.3, -0.25) is 4.79 Å². The minimum Gasteiger partial charge on any atom is -0.507 e. The van der Waals surface area contributed by atoms with Crippen LogP contribution < -0.4 is 10.7 Å². The molecule has 0 bridgehead atoms. The Morgan fingerprint density at radius 3 is 2.71 bits per heavy atom. The van der Waals surface area contributed by atoms with E-state index >= 15 is 0 Å². The first-order valence-electron chi connectivity index (χ1n) is 10.4. The van der Waals surface area contributed by atoms with E-state index in [1.54, 1.807) is 18.2 Å². The summed E-state index contributed by atoms with van der Waals surface area (Å²) in [6.07, 6.45) is 5.44. The van der Waals surface area contributed by atoms with Crippen LogP contribution in [0.2, 0.25) is 0 Å². The minimum atomic E-state index is -0.297. The molecule has 0 aliphatic heterocycles. The molecule has 0 fully saturated rings. The van der Waals surface area contributed by atoms with E-state index in [2.05, 4.69) is 61.8 Å². The maximum Gasteiger partial charge on any atom is 0.250 e. The lowest BCUT2D eigenvalue weighted by Crippen LogP contribution is -2.20. The molecule has 10 heteroatoms. The first-order valence-corrected chi connectivity index (χ1v) is 12.5. The van der Waals surface area contributed by atoms with Gasteiger partial charge >= 0.3 is 0 Å². The molecule has 0 radical (unpaired) electrons. The largest absolute Gasteiger partial charge is 0.507 e. The quantitative estimate of drug-likeness (QED) is 0.0956. The summed E-state index contributed by atoms with van der Waals surface area (Å²) in [5, 5.41) is 26.7. The first-order chi connectivity index (χ1) is 16.5. The van der Waals surface area contributed by atoms with E-state index in [1.807, 2.05) is 41.0 Å². The number of carbonyl (C=O) groups is 1. The summed E-state index contributed by atoms with van der Waals surface area (Å²) in [6.45, 7) is 8.50. The van der Waals surface area contributed by atoms with E-state index in [9.17, 15) is 9.90 Å². The number of hydrazone groups is 1. The smallest absolute Gasteiger partial charge is 0.250 e. The number of carbonyl (C=O) groups excluding carboxylic acids is 1. The Bertz CT molecular complexity index is 1180. The van der Waals surface area contributed by atoms with Gasteiger partial charge in [0.15, 0.2) is 11.0 Å². The standard InChI is InChI=1S/C24H25IN6O2S/c1-3-6-17-7-5-8-18(23(17)33)14-27-29-22(32)16-34-24-30-28-21(31(24)13-4-2)15-26-20-11-9-19(25)10-12-20/h3-5,7-12,14,26,33H,1-2,6,13,15-16H2,(H,29,32)/b27-14+. The van der Waals surface area contributed by atoms with Gasteiger partial charge in [0.2, 0.25) is 0 Å². The van der Waals surface area contributed by atoms with Crippen LogP contribution in [0, 0.1) is 3.57 Å². The second-order valence-electron chi connectivity index (χ2n) is 7.09. The number of hydrogen-bond acceptors (Lipinski definition) is 7. The molecule has 1 heterocycles. The van der Waals surface area contributed by atoms with Gasteiger partial charge in [0.05, 0.1) is 18.5 Å². The van der Waals surface area contributed by atoms with Gasteiger partial charge in [-0.15, -0.1) is 23.4 Å². The summed E-state index contributed by atoms with van der Waals surface area (Å²) in [5.41, 5.74) is 4.73. The molecule has 0 saturated heterocycles. The average Bonchev–Trinajstić information content (AvgIpc) is 3.21. The zero-order valence-electron chi connectivity index (χ0n) is 18.4. The Morgan fingerprint density at radius 2 is 1.97 bits per heavy atom. The molecule has 8 nitrogen and oxygen atoms in total. The lowest BCUT2D eigenvalue weighted by molar-refractivity contribution is -0.118. The summed E-state index contributed by atoms with van der Waals surface area (Å²) in [7, 11) is 0. The molecule has 3 N–H and O–H groups in total. The van der Waals surface area contributed by atoms with Crippen LogP contribution in [-0.2, 0) is 24.3 Å². The number of allylic oxidation sites excluding steroid dienone is 2. The van der Waals surface area contributed by atoms with Crippen LogP contribution >= 0.6 is 34.4 Å². The number of halogens is 1. The Balaban J connectivity index is 1.56. The van der Waals surface area contributed by atoms with Crippen molar-refractivity contribution in [1.29, 1.82) is 0 Å². The van der Waals surface area contributed by atoms with Crippen molar-refractivity contribution in [2.75, 3.05) is 11.1 Å². The average molecular weight is 588 g/mol. The van der Waals surface area contributed by atoms with Crippen LogP contribution in [0.25, 0.3) is 0 Å². The van der Waals surface area contributed by atoms with Gasteiger partial charge in [-0.05, 0) is 64.9 Å². The summed E-state index contributed by atoms with van der Waals surface area (Å²) >= 11 is 3.53. The molecule has 3 aromatic rings. The second kappa shape index (κ2) is 12.9. The molecule has 0 aliphatic carbocycles. The molecule has 34 heavy (non-hydrogen) atoms. The zero-order valence-corrected chi connectivity index (χ0v) is 21.4. The van der Waals surface area contributed by atoms with Crippen LogP contribution in [0.4, 0.5) is 5.69 Å². The molecule has 0 spiro atoms. The molecule has 0 atom stereocenters. The van der Waals surface area contributed by atoms with Gasteiger partial charge < -0.3 is 15.0 Å². The number of para-hydroxylation sites is 1. The predicted molar refractivity (Wildman–Crippen MR) is 145 cm³/mol. The number of anilines is 1. The lowest BCUT2D eigenvalue weighted by atomic mass is 10.1. The molecule has 1 aromatic heterocycles. The van der Waals surface area contributed by atoms with Gasteiger partial charge in [0.25, 0.3) is 5.91 Å². The Labute approximate surface area is 216 Å². The third-order valence-corrected chi connectivity index (χ3v) is 6.33. The summed E-state index contributed by atoms with van der Waals surface area (Å²) in [6, 6.07) is 13.4. The fraction of sp³-hybridized carbons (Fsp3) is 0.167. The van der Waals surface area contributed by atoms with Crippen LogP contribution in [0.15, 0.2) is 78.0 Å². The SMILES string of the molecule is C=CCc1cccc(/C=N/NC(=O)CSc2nnc(CNc3ccc(I)cc3)n2CC=C)c1O. The first kappa shape index (κ1) is 25.5. The van der Waals surface area contributed by atoms with Gasteiger partial charge in [-0.1, -0.05) is 36.0 Å². The number of nitrogens with one attached hydrogen (secondary N) is 2. The number of aromatic hydroxyl groups is 1. The summed E-state index contributed by atoms with van der Waals surface area (Å²) < 4.78 is 3.08. The summed E-state index contributed by atoms with van der Waals surface area (Å²) in [5.74, 6) is 0.683. The Morgan fingerprint density at radius 1 is 1.18 bits per heavy atom. The molecule has 1 amide bonds. The monoisotopic (exact) mass is 588 g/mol. The second-order valence-corrected chi connectivity index (χ2v) is 9.28. The van der Waals surface area contributed by atoms with E-state index in [4.69, 9.17) is 0 Å². The molecule has 0 saturated carbocycles. The van der Waals surface area contributed by atoms with E-state index in [0.717, 1.165) is 20.6 Å². The number of aromatic nitrogens is 3. The highest BCUT2D eigenvalue weighted by atomic mass is 127. The number of phenolic OH excluding ortho intramolecular Hbond substituents is 1. The molecule has 0 unspecified atom stereocenters. The maximum absolute atomic E-state index is 12.3. The zero-order chi connectivity index (χ0) is 24.3. The van der Waals surface area contributed by atoms with Crippen molar-refractivity contribution in [1.82, 2.24) is 20.2 Å². The van der Waals surface area contributed by atoms with Gasteiger partial charge in [-0.25, -0.2) is 5.43 Å². The van der Waals surface area contributed by atoms with Crippen molar-refractivity contribution in [3.63, 3.8) is 0 Å². The topological polar surface area (TPSA) is 104 Å². The highest BCUT2D eigenvalue weighted by Crippen LogP contribution is 2.22. The van der Waals surface area contributed by atoms with Crippen molar-refractivity contribution in [3.8, 4) is 5.75 Å². The Kier molecular flexibility index (Phi) is 9.71. The van der Waals surface area contributed by atoms with Crippen LogP contribution in [-0.4, -0.2) is 37.7 Å². The van der Waals surface area contributed by atoms with Crippen LogP contribution in [0.1, 0.15) is 17.0 Å². The Hall–Kier alpha value is -3.12. The maximum atomic E-state index is 12.3. The van der Waals surface area contributed by atoms with Crippen molar-refractivity contribution in [2.24, 2.45) is 5.10 Å². The number of benzene rings is 2. The normalized spacial score (nSPS) is 10.9. The van der Waals surface area contributed by atoms with Crippen molar-refractivity contribution < 1.29 is 9.90 Å². The number of thioether (sulfide) groups is 1. The van der Waals surface area contributed by atoms with Gasteiger partial charge in [0, 0.05) is 21.4 Å². The van der Waals surface area contributed by atoms with Crippen molar-refractivity contribution in [3.05, 3.63) is 88.3 Å². The third kappa shape index (κ3) is 7.19. The van der Waals surface area contributed by atoms with Crippen LogP contribution in [0.3, 0.4) is 0 Å². The van der Waals surface area contributed by atoms with E-state index in [1.165, 1.54) is 18.0 Å². The molecular formula is C24H25IN6O2S. The molecule has 176 valence electrons. The van der Waals surface area contributed by atoms with E-state index in [0.29, 0.717) is 30.2 Å². The van der Waals surface area contributed by atoms with E-state index < -0.39 is 0 Å². The third-order valence-electron chi connectivity index (χ3n) is 4.64. The molecule has 3 rings (SSSR count). The van der Waals surface area contributed by atoms with Crippen molar-refractivity contribution in [2.45, 2.75) is 24.7 Å². The molecule has 2 aromatic carbocycles. The van der Waals surface area contributed by atoms with Crippen LogP contribution in [0.5, 0.6) is 5.75 Å². The highest BCUT2D eigenvalue weighted by Gasteiger charge is 2.13. The fourth-order valence-electron chi connectivity index (χ4n) is 2.99. The van der Waals surface area contributed by atoms with Crippen molar-refractivity contribution >= 4 is 52.2 Å². The predicted octanol–water partition coefficient (Wildman–Crippen LogP) is 4.36. The van der Waals surface area contributed by atoms with Gasteiger partial charge in [-0.2, -0.15) is 5.10 Å². The lowest BCUT2D eigenvalue weighted by Gasteiger charge is -2.09. The highest BCUT2D eigenvalue weighted by molar-refractivity contribution is 14.1. The molecular weight excluding hydrogens is 563 g/mol. The number of amides is 1. The molecule has 0 aliphatic rings. The number of nitrogens with zero attached hydrogens (tertiary/aromatic N) is 4. The number of rotatable bonds is 12. The van der Waals surface area contributed by atoms with E-state index in [-0.39, 0.29) is 17.4 Å². The number of hydrogen-bond donors (Lipinski definition) is 3.